The third kappa shape index (κ3) is 4.57. The maximum atomic E-state index is 10.1. The highest BCUT2D eigenvalue weighted by molar-refractivity contribution is 5.71. The molecule has 1 aromatic rings. The van der Waals surface area contributed by atoms with Gasteiger partial charge in [-0.2, -0.15) is 0 Å². The van der Waals surface area contributed by atoms with Gasteiger partial charge in [-0.3, -0.25) is 4.79 Å². The van der Waals surface area contributed by atoms with Crippen LogP contribution in [0.25, 0.3) is 0 Å². The van der Waals surface area contributed by atoms with Gasteiger partial charge in [0.25, 0.3) is 0 Å². The molecule has 3 heteroatoms. The van der Waals surface area contributed by atoms with Gasteiger partial charge in [0.05, 0.1) is 5.92 Å². The molecule has 1 N–H and O–H groups in total. The molecule has 0 spiro atoms. The standard InChI is InChI=1S/C9H12.C5H9NO2/c1-3-9-6-4-8(2)5-7-9;1-6-2-4(3-6)5(7)8/h4-7H,3H2,1-2H3;4H,2-3H2,1H3,(H,7,8). The van der Waals surface area contributed by atoms with E-state index in [1.807, 2.05) is 11.9 Å². The van der Waals surface area contributed by atoms with Gasteiger partial charge in [0.15, 0.2) is 0 Å². The Bertz CT molecular complexity index is 353. The summed E-state index contributed by atoms with van der Waals surface area (Å²) >= 11 is 0. The first kappa shape index (κ1) is 13.7. The van der Waals surface area contributed by atoms with Gasteiger partial charge in [-0.05, 0) is 26.0 Å². The van der Waals surface area contributed by atoms with Gasteiger partial charge in [-0.1, -0.05) is 36.8 Å². The molecule has 2 rings (SSSR count). The van der Waals surface area contributed by atoms with Crippen LogP contribution in [0.5, 0.6) is 0 Å². The SMILES string of the molecule is CCc1ccc(C)cc1.CN1CC(C(=O)O)C1. The van der Waals surface area contributed by atoms with Crippen molar-refractivity contribution in [2.45, 2.75) is 20.3 Å². The molecule has 0 unspecified atom stereocenters. The Morgan fingerprint density at radius 2 is 1.88 bits per heavy atom. The van der Waals surface area contributed by atoms with Crippen molar-refractivity contribution in [2.24, 2.45) is 5.92 Å². The van der Waals surface area contributed by atoms with Crippen LogP contribution < -0.4 is 0 Å². The minimum absolute atomic E-state index is 0.0972. The van der Waals surface area contributed by atoms with E-state index >= 15 is 0 Å². The van der Waals surface area contributed by atoms with E-state index in [0.717, 1.165) is 19.5 Å². The molecule has 17 heavy (non-hydrogen) atoms. The highest BCUT2D eigenvalue weighted by Gasteiger charge is 2.29. The van der Waals surface area contributed by atoms with Crippen LogP contribution in [0.15, 0.2) is 24.3 Å². The topological polar surface area (TPSA) is 40.5 Å². The number of carboxylic acids is 1. The second-order valence-electron chi connectivity index (χ2n) is 4.60. The largest absolute Gasteiger partial charge is 0.481 e. The number of benzene rings is 1. The van der Waals surface area contributed by atoms with E-state index < -0.39 is 5.97 Å². The summed E-state index contributed by atoms with van der Waals surface area (Å²) in [7, 11) is 1.92. The second kappa shape index (κ2) is 6.40. The van der Waals surface area contributed by atoms with E-state index in [9.17, 15) is 4.79 Å². The van der Waals surface area contributed by atoms with Gasteiger partial charge in [-0.25, -0.2) is 0 Å². The molecule has 0 atom stereocenters. The van der Waals surface area contributed by atoms with Gasteiger partial charge in [-0.15, -0.1) is 0 Å². The predicted molar refractivity (Wildman–Crippen MR) is 69.2 cm³/mol. The summed E-state index contributed by atoms with van der Waals surface area (Å²) in [5.74, 6) is -0.761. The molecule has 1 fully saturated rings. The fourth-order valence-corrected chi connectivity index (χ4v) is 1.68. The number of hydrogen-bond acceptors (Lipinski definition) is 2. The van der Waals surface area contributed by atoms with E-state index in [2.05, 4.69) is 38.1 Å². The first-order valence-electron chi connectivity index (χ1n) is 5.99. The van der Waals surface area contributed by atoms with Crippen LogP contribution in [-0.2, 0) is 11.2 Å². The normalized spacial score (nSPS) is 15.7. The van der Waals surface area contributed by atoms with Gasteiger partial charge in [0, 0.05) is 13.1 Å². The smallest absolute Gasteiger partial charge is 0.309 e. The first-order valence-corrected chi connectivity index (χ1v) is 5.99. The Morgan fingerprint density at radius 1 is 1.35 bits per heavy atom. The molecule has 0 saturated carbocycles. The zero-order valence-corrected chi connectivity index (χ0v) is 10.8. The molecule has 1 aliphatic heterocycles. The zero-order valence-electron chi connectivity index (χ0n) is 10.8. The minimum Gasteiger partial charge on any atom is -0.481 e. The van der Waals surface area contributed by atoms with E-state index in [0.29, 0.717) is 0 Å². The summed E-state index contributed by atoms with van der Waals surface area (Å²) in [6, 6.07) is 8.66. The summed E-state index contributed by atoms with van der Waals surface area (Å²) in [4.78, 5) is 12.1. The maximum absolute atomic E-state index is 10.1. The van der Waals surface area contributed by atoms with Crippen LogP contribution >= 0.6 is 0 Å². The molecule has 0 bridgehead atoms. The number of aryl methyl sites for hydroxylation is 2. The lowest BCUT2D eigenvalue weighted by Crippen LogP contribution is -2.47. The molecule has 3 nitrogen and oxygen atoms in total. The van der Waals surface area contributed by atoms with E-state index in [-0.39, 0.29) is 5.92 Å². The Hall–Kier alpha value is -1.35. The average molecular weight is 235 g/mol. The highest BCUT2D eigenvalue weighted by Crippen LogP contribution is 2.11. The molecule has 0 radical (unpaired) electrons. The van der Waals surface area contributed by atoms with Crippen molar-refractivity contribution < 1.29 is 9.90 Å². The molecule has 1 heterocycles. The third-order valence-corrected chi connectivity index (χ3v) is 2.94. The Balaban J connectivity index is 0.000000171. The summed E-state index contributed by atoms with van der Waals surface area (Å²) < 4.78 is 0. The number of carbonyl (C=O) groups is 1. The van der Waals surface area contributed by atoms with Crippen LogP contribution in [-0.4, -0.2) is 36.1 Å². The second-order valence-corrected chi connectivity index (χ2v) is 4.60. The van der Waals surface area contributed by atoms with Crippen molar-refractivity contribution in [3.8, 4) is 0 Å². The maximum Gasteiger partial charge on any atom is 0.309 e. The highest BCUT2D eigenvalue weighted by atomic mass is 16.4. The van der Waals surface area contributed by atoms with Crippen molar-refractivity contribution in [3.63, 3.8) is 0 Å². The summed E-state index contributed by atoms with van der Waals surface area (Å²) in [5, 5.41) is 8.32. The summed E-state index contributed by atoms with van der Waals surface area (Å²) in [5.41, 5.74) is 2.76. The predicted octanol–water partition coefficient (Wildman–Crippen LogP) is 2.19. The molecule has 0 aliphatic carbocycles. The van der Waals surface area contributed by atoms with Crippen molar-refractivity contribution in [1.29, 1.82) is 0 Å². The van der Waals surface area contributed by atoms with Gasteiger partial charge in [0.1, 0.15) is 0 Å². The van der Waals surface area contributed by atoms with Crippen LogP contribution in [0.4, 0.5) is 0 Å². The van der Waals surface area contributed by atoms with Gasteiger partial charge < -0.3 is 10.0 Å². The molecule has 1 saturated heterocycles. The quantitative estimate of drug-likeness (QED) is 0.854. The Labute approximate surface area is 103 Å². The first-order chi connectivity index (χ1) is 8.02. The van der Waals surface area contributed by atoms with Crippen LogP contribution in [0, 0.1) is 12.8 Å². The number of carboxylic acid groups (broad SMARTS) is 1. The summed E-state index contributed by atoms with van der Waals surface area (Å²) in [6.45, 7) is 5.72. The number of hydrogen-bond donors (Lipinski definition) is 1. The number of likely N-dealkylation sites (tertiary alicyclic amines) is 1. The van der Waals surface area contributed by atoms with E-state index in [4.69, 9.17) is 5.11 Å². The zero-order chi connectivity index (χ0) is 12.8. The Kier molecular flexibility index (Phi) is 5.16. The number of rotatable bonds is 2. The fraction of sp³-hybridized carbons (Fsp3) is 0.500. The molecular formula is C14H21NO2. The minimum atomic E-state index is -0.664. The summed E-state index contributed by atoms with van der Waals surface area (Å²) in [6.07, 6.45) is 1.14. The lowest BCUT2D eigenvalue weighted by atomic mass is 10.0. The molecule has 94 valence electrons. The fourth-order valence-electron chi connectivity index (χ4n) is 1.68. The number of aliphatic carboxylic acids is 1. The lowest BCUT2D eigenvalue weighted by Gasteiger charge is -2.32. The van der Waals surface area contributed by atoms with E-state index in [1.165, 1.54) is 11.1 Å². The third-order valence-electron chi connectivity index (χ3n) is 2.94. The monoisotopic (exact) mass is 235 g/mol. The molecule has 0 aromatic heterocycles. The van der Waals surface area contributed by atoms with Crippen LogP contribution in [0.3, 0.4) is 0 Å². The van der Waals surface area contributed by atoms with Crippen LogP contribution in [0.1, 0.15) is 18.1 Å². The lowest BCUT2D eigenvalue weighted by molar-refractivity contribution is -0.146. The van der Waals surface area contributed by atoms with Crippen molar-refractivity contribution in [1.82, 2.24) is 4.90 Å². The molecule has 1 aromatic carbocycles. The molecule has 0 amide bonds. The van der Waals surface area contributed by atoms with Gasteiger partial charge >= 0.3 is 5.97 Å². The van der Waals surface area contributed by atoms with Crippen molar-refractivity contribution in [3.05, 3.63) is 35.4 Å². The van der Waals surface area contributed by atoms with Crippen molar-refractivity contribution >= 4 is 5.97 Å². The van der Waals surface area contributed by atoms with Crippen molar-refractivity contribution in [2.75, 3.05) is 20.1 Å². The van der Waals surface area contributed by atoms with Gasteiger partial charge in [0.2, 0.25) is 0 Å². The van der Waals surface area contributed by atoms with Crippen LogP contribution in [0.2, 0.25) is 0 Å². The Morgan fingerprint density at radius 3 is 2.18 bits per heavy atom. The average Bonchev–Trinajstić information content (AvgIpc) is 2.26. The molecule has 1 aliphatic rings. The van der Waals surface area contributed by atoms with E-state index in [1.54, 1.807) is 0 Å². The molecular weight excluding hydrogens is 214 g/mol. The number of nitrogens with zero attached hydrogens (tertiary/aromatic N) is 1.